The van der Waals surface area contributed by atoms with Crippen molar-refractivity contribution in [2.24, 2.45) is 0 Å². The fourth-order valence-electron chi connectivity index (χ4n) is 2.83. The Balaban J connectivity index is 1.32. The van der Waals surface area contributed by atoms with Crippen LogP contribution in [0.15, 0.2) is 11.4 Å². The zero-order valence-corrected chi connectivity index (χ0v) is 15.0. The van der Waals surface area contributed by atoms with Crippen LogP contribution in [0, 0.1) is 6.92 Å². The summed E-state index contributed by atoms with van der Waals surface area (Å²) in [6.07, 6.45) is 2.25. The average molecular weight is 350 g/mol. The lowest BCUT2D eigenvalue weighted by Crippen LogP contribution is -2.51. The van der Waals surface area contributed by atoms with E-state index in [4.69, 9.17) is 0 Å². The molecule has 1 saturated heterocycles. The molecule has 1 aliphatic carbocycles. The zero-order valence-electron chi connectivity index (χ0n) is 14.2. The van der Waals surface area contributed by atoms with Gasteiger partial charge in [-0.1, -0.05) is 0 Å². The monoisotopic (exact) mass is 350 g/mol. The summed E-state index contributed by atoms with van der Waals surface area (Å²) in [4.78, 5) is 29.4. The van der Waals surface area contributed by atoms with Gasteiger partial charge in [0.1, 0.15) is 0 Å². The van der Waals surface area contributed by atoms with Crippen molar-refractivity contribution in [2.45, 2.75) is 32.4 Å². The molecule has 24 heavy (non-hydrogen) atoms. The molecular weight excluding hydrogens is 324 g/mol. The summed E-state index contributed by atoms with van der Waals surface area (Å²) in [7, 11) is 0. The fraction of sp³-hybridized carbons (Fsp3) is 0.647. The number of aryl methyl sites for hydroxylation is 1. The summed E-state index contributed by atoms with van der Waals surface area (Å²) in [6.45, 7) is 6.95. The fourth-order valence-corrected chi connectivity index (χ4v) is 3.68. The van der Waals surface area contributed by atoms with Gasteiger partial charge < -0.3 is 10.6 Å². The largest absolute Gasteiger partial charge is 0.352 e. The van der Waals surface area contributed by atoms with E-state index in [0.717, 1.165) is 39.0 Å². The predicted octanol–water partition coefficient (Wildman–Crippen LogP) is 0.569. The van der Waals surface area contributed by atoms with Crippen LogP contribution in [0.2, 0.25) is 0 Å². The molecule has 1 aliphatic heterocycles. The van der Waals surface area contributed by atoms with E-state index >= 15 is 0 Å². The van der Waals surface area contributed by atoms with Gasteiger partial charge in [-0.05, 0) is 36.8 Å². The maximum Gasteiger partial charge on any atom is 0.234 e. The summed E-state index contributed by atoms with van der Waals surface area (Å²) in [5, 5.41) is 8.07. The van der Waals surface area contributed by atoms with E-state index in [9.17, 15) is 9.59 Å². The summed E-state index contributed by atoms with van der Waals surface area (Å²) >= 11 is 1.68. The average Bonchev–Trinajstić information content (AvgIpc) is 3.26. The number of hydrogen-bond donors (Lipinski definition) is 2. The van der Waals surface area contributed by atoms with E-state index in [0.29, 0.717) is 25.7 Å². The number of nitrogens with one attached hydrogen (secondary N) is 2. The maximum absolute atomic E-state index is 12.1. The minimum atomic E-state index is 0.0720. The van der Waals surface area contributed by atoms with Crippen LogP contribution in [-0.2, 0) is 16.1 Å². The van der Waals surface area contributed by atoms with Gasteiger partial charge >= 0.3 is 0 Å². The normalized spacial score (nSPS) is 19.2. The highest BCUT2D eigenvalue weighted by Gasteiger charge is 2.25. The second kappa shape index (κ2) is 8.09. The number of amides is 2. The quantitative estimate of drug-likeness (QED) is 0.755. The van der Waals surface area contributed by atoms with Crippen molar-refractivity contribution < 1.29 is 9.59 Å². The van der Waals surface area contributed by atoms with Gasteiger partial charge in [-0.25, -0.2) is 0 Å². The molecule has 2 heterocycles. The van der Waals surface area contributed by atoms with Crippen LogP contribution in [0.3, 0.4) is 0 Å². The molecular formula is C17H26N4O2S. The molecule has 1 aromatic rings. The van der Waals surface area contributed by atoms with E-state index < -0.39 is 0 Å². The van der Waals surface area contributed by atoms with Gasteiger partial charge in [-0.3, -0.25) is 19.4 Å². The first-order valence-electron chi connectivity index (χ1n) is 8.64. The first kappa shape index (κ1) is 17.4. The maximum atomic E-state index is 12.1. The van der Waals surface area contributed by atoms with Crippen molar-refractivity contribution in [1.29, 1.82) is 0 Å². The Morgan fingerprint density at radius 1 is 1.12 bits per heavy atom. The van der Waals surface area contributed by atoms with Gasteiger partial charge in [0.2, 0.25) is 11.8 Å². The smallest absolute Gasteiger partial charge is 0.234 e. The molecule has 3 rings (SSSR count). The molecule has 2 N–H and O–H groups in total. The van der Waals surface area contributed by atoms with Gasteiger partial charge in [0, 0.05) is 37.1 Å². The van der Waals surface area contributed by atoms with Gasteiger partial charge in [-0.15, -0.1) is 11.3 Å². The summed E-state index contributed by atoms with van der Waals surface area (Å²) in [5.41, 5.74) is 1.23. The Bertz CT molecular complexity index is 577. The third-order valence-electron chi connectivity index (χ3n) is 4.56. The molecule has 1 saturated carbocycles. The Hall–Kier alpha value is -1.44. The van der Waals surface area contributed by atoms with Crippen LogP contribution in [-0.4, -0.2) is 66.9 Å². The Labute approximate surface area is 147 Å². The molecule has 7 heteroatoms. The highest BCUT2D eigenvalue weighted by molar-refractivity contribution is 7.10. The van der Waals surface area contributed by atoms with Crippen molar-refractivity contribution in [3.8, 4) is 0 Å². The van der Waals surface area contributed by atoms with E-state index in [1.807, 2.05) is 0 Å². The van der Waals surface area contributed by atoms with Crippen molar-refractivity contribution in [3.63, 3.8) is 0 Å². The second-order valence-corrected chi connectivity index (χ2v) is 7.70. The molecule has 0 aromatic carbocycles. The predicted molar refractivity (Wildman–Crippen MR) is 94.9 cm³/mol. The van der Waals surface area contributed by atoms with Gasteiger partial charge in [0.15, 0.2) is 0 Å². The van der Waals surface area contributed by atoms with Gasteiger partial charge in [0.25, 0.3) is 0 Å². The van der Waals surface area contributed by atoms with E-state index in [1.165, 1.54) is 10.4 Å². The molecule has 1 aromatic heterocycles. The SMILES string of the molecule is Cc1ccsc1CNC(=O)CN1CCN(CC(=O)NC2CC2)CC1. The van der Waals surface area contributed by atoms with Crippen molar-refractivity contribution in [1.82, 2.24) is 20.4 Å². The summed E-state index contributed by atoms with van der Waals surface area (Å²) in [6, 6.07) is 2.50. The number of hydrogen-bond acceptors (Lipinski definition) is 5. The van der Waals surface area contributed by atoms with Crippen LogP contribution in [0.5, 0.6) is 0 Å². The molecule has 2 aliphatic rings. The first-order chi connectivity index (χ1) is 11.6. The number of carbonyl (C=O) groups excluding carboxylic acids is 2. The van der Waals surface area contributed by atoms with E-state index in [-0.39, 0.29) is 11.8 Å². The Morgan fingerprint density at radius 3 is 2.29 bits per heavy atom. The van der Waals surface area contributed by atoms with E-state index in [1.54, 1.807) is 11.3 Å². The lowest BCUT2D eigenvalue weighted by molar-refractivity contribution is -0.125. The highest BCUT2D eigenvalue weighted by atomic mass is 32.1. The highest BCUT2D eigenvalue weighted by Crippen LogP contribution is 2.18. The summed E-state index contributed by atoms with van der Waals surface area (Å²) < 4.78 is 0. The van der Waals surface area contributed by atoms with Crippen LogP contribution in [0.1, 0.15) is 23.3 Å². The Morgan fingerprint density at radius 2 is 1.75 bits per heavy atom. The van der Waals surface area contributed by atoms with Gasteiger partial charge in [-0.2, -0.15) is 0 Å². The first-order valence-corrected chi connectivity index (χ1v) is 9.52. The molecule has 2 amide bonds. The number of thiophene rings is 1. The van der Waals surface area contributed by atoms with Crippen molar-refractivity contribution in [3.05, 3.63) is 21.9 Å². The molecule has 0 bridgehead atoms. The topological polar surface area (TPSA) is 64.7 Å². The number of piperazine rings is 1. The van der Waals surface area contributed by atoms with E-state index in [2.05, 4.69) is 38.8 Å². The minimum Gasteiger partial charge on any atom is -0.352 e. The lowest BCUT2D eigenvalue weighted by Gasteiger charge is -2.33. The van der Waals surface area contributed by atoms with Crippen molar-refractivity contribution >= 4 is 23.2 Å². The van der Waals surface area contributed by atoms with Crippen molar-refractivity contribution in [2.75, 3.05) is 39.3 Å². The third kappa shape index (κ3) is 5.29. The Kier molecular flexibility index (Phi) is 5.86. The molecule has 2 fully saturated rings. The zero-order chi connectivity index (χ0) is 16.9. The second-order valence-electron chi connectivity index (χ2n) is 6.70. The molecule has 0 atom stereocenters. The number of carbonyl (C=O) groups is 2. The van der Waals surface area contributed by atoms with Crippen LogP contribution >= 0.6 is 11.3 Å². The molecule has 132 valence electrons. The minimum absolute atomic E-state index is 0.0720. The standard InChI is InChI=1S/C17H26N4O2S/c1-13-4-9-24-15(13)10-18-16(22)11-20-5-7-21(8-6-20)12-17(23)19-14-2-3-14/h4,9,14H,2-3,5-8,10-12H2,1H3,(H,18,22)(H,19,23). The molecule has 0 unspecified atom stereocenters. The van der Waals surface area contributed by atoms with Crippen LogP contribution in [0.25, 0.3) is 0 Å². The molecule has 0 radical (unpaired) electrons. The number of rotatable bonds is 7. The van der Waals surface area contributed by atoms with Gasteiger partial charge in [0.05, 0.1) is 19.6 Å². The third-order valence-corrected chi connectivity index (χ3v) is 5.58. The number of nitrogens with zero attached hydrogens (tertiary/aromatic N) is 2. The molecule has 0 spiro atoms. The van der Waals surface area contributed by atoms with Crippen LogP contribution < -0.4 is 10.6 Å². The summed E-state index contributed by atoms with van der Waals surface area (Å²) in [5.74, 6) is 0.206. The molecule has 6 nitrogen and oxygen atoms in total. The van der Waals surface area contributed by atoms with Crippen LogP contribution in [0.4, 0.5) is 0 Å². The lowest BCUT2D eigenvalue weighted by atomic mass is 10.3.